The smallest absolute Gasteiger partial charge is 0.228 e. The number of carbonyl (C=O) groups is 2. The Kier molecular flexibility index (Phi) is 5.69. The zero-order valence-electron chi connectivity index (χ0n) is 14.1. The molecule has 0 radical (unpaired) electrons. The van der Waals surface area contributed by atoms with E-state index in [0.29, 0.717) is 34.4 Å². The van der Waals surface area contributed by atoms with Crippen LogP contribution in [0.15, 0.2) is 42.5 Å². The van der Waals surface area contributed by atoms with Crippen LogP contribution >= 0.6 is 23.2 Å². The highest BCUT2D eigenvalue weighted by molar-refractivity contribution is 6.35. The Labute approximate surface area is 161 Å². The van der Waals surface area contributed by atoms with Gasteiger partial charge < -0.3 is 15.4 Å². The lowest BCUT2D eigenvalue weighted by Crippen LogP contribution is -2.20. The van der Waals surface area contributed by atoms with E-state index in [9.17, 15) is 9.59 Å². The lowest BCUT2D eigenvalue weighted by atomic mass is 10.2. The van der Waals surface area contributed by atoms with Crippen LogP contribution in [0.5, 0.6) is 5.75 Å². The fourth-order valence-corrected chi connectivity index (χ4v) is 2.97. The Balaban J connectivity index is 1.54. The average Bonchev–Trinajstić information content (AvgIpc) is 3.41. The van der Waals surface area contributed by atoms with Crippen molar-refractivity contribution in [1.29, 1.82) is 0 Å². The highest BCUT2D eigenvalue weighted by Crippen LogP contribution is 2.41. The third kappa shape index (κ3) is 4.48. The number of hydrogen-bond acceptors (Lipinski definition) is 3. The number of amides is 2. The van der Waals surface area contributed by atoms with Gasteiger partial charge in [0.25, 0.3) is 0 Å². The molecule has 0 heterocycles. The molecule has 2 N–H and O–H groups in total. The van der Waals surface area contributed by atoms with E-state index in [4.69, 9.17) is 27.9 Å². The van der Waals surface area contributed by atoms with E-state index in [0.717, 1.165) is 5.75 Å². The minimum Gasteiger partial charge on any atom is -0.494 e. The van der Waals surface area contributed by atoms with Crippen LogP contribution in [0.25, 0.3) is 0 Å². The Morgan fingerprint density at radius 1 is 1.04 bits per heavy atom. The van der Waals surface area contributed by atoms with Gasteiger partial charge in [-0.1, -0.05) is 23.2 Å². The van der Waals surface area contributed by atoms with Gasteiger partial charge in [-0.05, 0) is 55.8 Å². The molecule has 2 unspecified atom stereocenters. The standard InChI is InChI=1S/C19H18Cl2N2O3/c1-2-26-13-6-4-12(5-7-13)22-18(24)14-10-15(14)19(25)23-17-9-11(20)3-8-16(17)21/h3-9,14-15H,2,10H2,1H3,(H,22,24)(H,23,25). The van der Waals surface area contributed by atoms with Crippen LogP contribution in [0.4, 0.5) is 11.4 Å². The van der Waals surface area contributed by atoms with Gasteiger partial charge in [0.2, 0.25) is 11.8 Å². The number of carbonyl (C=O) groups excluding carboxylic acids is 2. The van der Waals surface area contributed by atoms with E-state index in [-0.39, 0.29) is 23.7 Å². The Morgan fingerprint density at radius 3 is 2.35 bits per heavy atom. The van der Waals surface area contributed by atoms with E-state index in [1.54, 1.807) is 42.5 Å². The van der Waals surface area contributed by atoms with Crippen molar-refractivity contribution in [2.75, 3.05) is 17.2 Å². The summed E-state index contributed by atoms with van der Waals surface area (Å²) in [5.74, 6) is -0.382. The monoisotopic (exact) mass is 392 g/mol. The predicted octanol–water partition coefficient (Wildman–Crippen LogP) is 4.61. The molecular weight excluding hydrogens is 375 g/mol. The maximum Gasteiger partial charge on any atom is 0.228 e. The van der Waals surface area contributed by atoms with Gasteiger partial charge in [-0.25, -0.2) is 0 Å². The van der Waals surface area contributed by atoms with E-state index < -0.39 is 0 Å². The third-order valence-electron chi connectivity index (χ3n) is 4.08. The van der Waals surface area contributed by atoms with E-state index >= 15 is 0 Å². The molecule has 1 aliphatic carbocycles. The molecule has 2 amide bonds. The molecule has 1 fully saturated rings. The topological polar surface area (TPSA) is 67.4 Å². The minimum absolute atomic E-state index is 0.175. The Morgan fingerprint density at radius 2 is 1.69 bits per heavy atom. The SMILES string of the molecule is CCOc1ccc(NC(=O)C2CC2C(=O)Nc2cc(Cl)ccc2Cl)cc1. The molecule has 26 heavy (non-hydrogen) atoms. The summed E-state index contributed by atoms with van der Waals surface area (Å²) in [5, 5.41) is 6.43. The molecular formula is C19H18Cl2N2O3. The van der Waals surface area contributed by atoms with Gasteiger partial charge in [0.1, 0.15) is 5.75 Å². The van der Waals surface area contributed by atoms with Crippen molar-refractivity contribution in [2.24, 2.45) is 11.8 Å². The first-order valence-corrected chi connectivity index (χ1v) is 9.03. The van der Waals surface area contributed by atoms with Crippen molar-refractivity contribution in [1.82, 2.24) is 0 Å². The summed E-state index contributed by atoms with van der Waals surface area (Å²) >= 11 is 12.0. The third-order valence-corrected chi connectivity index (χ3v) is 4.65. The maximum absolute atomic E-state index is 12.3. The number of nitrogens with one attached hydrogen (secondary N) is 2. The highest BCUT2D eigenvalue weighted by Gasteiger charge is 2.48. The molecule has 0 spiro atoms. The van der Waals surface area contributed by atoms with Crippen molar-refractivity contribution in [3.05, 3.63) is 52.5 Å². The normalized spacial score (nSPS) is 18.1. The molecule has 0 aromatic heterocycles. The molecule has 0 aliphatic heterocycles. The zero-order chi connectivity index (χ0) is 18.7. The fourth-order valence-electron chi connectivity index (χ4n) is 2.63. The van der Waals surface area contributed by atoms with Crippen LogP contribution in [-0.4, -0.2) is 18.4 Å². The summed E-state index contributed by atoms with van der Waals surface area (Å²) in [6.07, 6.45) is 0.507. The van der Waals surface area contributed by atoms with Crippen LogP contribution < -0.4 is 15.4 Å². The molecule has 1 aliphatic rings. The van der Waals surface area contributed by atoms with Gasteiger partial charge >= 0.3 is 0 Å². The summed E-state index contributed by atoms with van der Waals surface area (Å²) in [7, 11) is 0. The van der Waals surface area contributed by atoms with Crippen LogP contribution in [0.1, 0.15) is 13.3 Å². The summed E-state index contributed by atoms with van der Waals surface area (Å²) < 4.78 is 5.36. The first-order valence-electron chi connectivity index (χ1n) is 8.27. The number of anilines is 2. The number of ether oxygens (including phenoxy) is 1. The molecule has 0 saturated heterocycles. The molecule has 2 atom stereocenters. The molecule has 7 heteroatoms. The lowest BCUT2D eigenvalue weighted by Gasteiger charge is -2.08. The summed E-state index contributed by atoms with van der Waals surface area (Å²) in [6.45, 7) is 2.49. The number of hydrogen-bond donors (Lipinski definition) is 2. The lowest BCUT2D eigenvalue weighted by molar-refractivity contribution is -0.122. The first-order chi connectivity index (χ1) is 12.5. The maximum atomic E-state index is 12.3. The van der Waals surface area contributed by atoms with E-state index in [1.807, 2.05) is 6.92 Å². The van der Waals surface area contributed by atoms with Gasteiger partial charge in [0.05, 0.1) is 29.2 Å². The van der Waals surface area contributed by atoms with E-state index in [2.05, 4.69) is 10.6 Å². The zero-order valence-corrected chi connectivity index (χ0v) is 15.6. The van der Waals surface area contributed by atoms with Gasteiger partial charge in [-0.15, -0.1) is 0 Å². The Hall–Kier alpha value is -2.24. The van der Waals surface area contributed by atoms with Crippen LogP contribution in [-0.2, 0) is 9.59 Å². The van der Waals surface area contributed by atoms with Crippen LogP contribution in [0.3, 0.4) is 0 Å². The molecule has 1 saturated carbocycles. The van der Waals surface area contributed by atoms with Crippen molar-refractivity contribution < 1.29 is 14.3 Å². The van der Waals surface area contributed by atoms with Crippen molar-refractivity contribution in [3.8, 4) is 5.75 Å². The first kappa shape index (κ1) is 18.5. The minimum atomic E-state index is -0.368. The number of rotatable bonds is 6. The quantitative estimate of drug-likeness (QED) is 0.754. The van der Waals surface area contributed by atoms with Crippen molar-refractivity contribution >= 4 is 46.4 Å². The van der Waals surface area contributed by atoms with E-state index in [1.165, 1.54) is 0 Å². The van der Waals surface area contributed by atoms with Gasteiger partial charge in [-0.3, -0.25) is 9.59 Å². The Bertz CT molecular complexity index is 824. The molecule has 5 nitrogen and oxygen atoms in total. The average molecular weight is 393 g/mol. The van der Waals surface area contributed by atoms with Crippen LogP contribution in [0.2, 0.25) is 10.0 Å². The number of halogens is 2. The summed E-state index contributed by atoms with van der Waals surface area (Å²) in [6, 6.07) is 12.0. The predicted molar refractivity (Wildman–Crippen MR) is 103 cm³/mol. The second-order valence-electron chi connectivity index (χ2n) is 6.01. The van der Waals surface area contributed by atoms with Crippen LogP contribution in [0, 0.1) is 11.8 Å². The van der Waals surface area contributed by atoms with Crippen molar-refractivity contribution in [2.45, 2.75) is 13.3 Å². The number of benzene rings is 2. The second-order valence-corrected chi connectivity index (χ2v) is 6.85. The van der Waals surface area contributed by atoms with Crippen molar-refractivity contribution in [3.63, 3.8) is 0 Å². The molecule has 0 bridgehead atoms. The molecule has 2 aromatic rings. The largest absolute Gasteiger partial charge is 0.494 e. The summed E-state index contributed by atoms with van der Waals surface area (Å²) in [4.78, 5) is 24.6. The van der Waals surface area contributed by atoms with Gasteiger partial charge in [0.15, 0.2) is 0 Å². The molecule has 2 aromatic carbocycles. The summed E-state index contributed by atoms with van der Waals surface area (Å²) in [5.41, 5.74) is 1.11. The van der Waals surface area contributed by atoms with Gasteiger partial charge in [-0.2, -0.15) is 0 Å². The second kappa shape index (κ2) is 7.98. The molecule has 136 valence electrons. The fraction of sp³-hybridized carbons (Fsp3) is 0.263. The molecule has 3 rings (SSSR count). The van der Waals surface area contributed by atoms with Gasteiger partial charge in [0, 0.05) is 10.7 Å². The highest BCUT2D eigenvalue weighted by atomic mass is 35.5.